The maximum absolute atomic E-state index is 11.7. The summed E-state index contributed by atoms with van der Waals surface area (Å²) in [5.41, 5.74) is -0.244. The predicted molar refractivity (Wildman–Crippen MR) is 212 cm³/mol. The molecule has 0 radical (unpaired) electrons. The number of ether oxygens (including phenoxy) is 2. The van der Waals surface area contributed by atoms with E-state index in [1.807, 2.05) is 41.5 Å². The summed E-state index contributed by atoms with van der Waals surface area (Å²) in [5.74, 6) is -3.23. The average Bonchev–Trinajstić information content (AvgIpc) is 3.61. The van der Waals surface area contributed by atoms with Crippen molar-refractivity contribution >= 4 is 53.2 Å². The smallest absolute Gasteiger partial charge is 0.470 e. The summed E-state index contributed by atoms with van der Waals surface area (Å²) >= 11 is 0. The van der Waals surface area contributed by atoms with Gasteiger partial charge in [-0.2, -0.15) is 0 Å². The van der Waals surface area contributed by atoms with E-state index in [-0.39, 0.29) is 85.9 Å². The van der Waals surface area contributed by atoms with Crippen molar-refractivity contribution in [3.05, 3.63) is 0 Å². The van der Waals surface area contributed by atoms with E-state index in [4.69, 9.17) is 25.6 Å². The number of hydroxylamine groups is 4. The highest BCUT2D eigenvalue weighted by molar-refractivity contribution is 6.02. The normalized spacial score (nSPS) is 13.9. The number of amides is 4. The number of rotatable bonds is 20. The first-order valence-corrected chi connectivity index (χ1v) is 19.5. The summed E-state index contributed by atoms with van der Waals surface area (Å²) < 4.78 is 28.3. The minimum absolute atomic E-state index is 0.0252. The molecule has 0 saturated carbocycles. The van der Waals surface area contributed by atoms with Gasteiger partial charge in [-0.1, -0.05) is 17.9 Å². The van der Waals surface area contributed by atoms with Crippen LogP contribution in [0.15, 0.2) is 0 Å². The summed E-state index contributed by atoms with van der Waals surface area (Å²) in [6, 6.07) is 0.443. The van der Waals surface area contributed by atoms with Crippen molar-refractivity contribution in [3.8, 4) is 0 Å². The van der Waals surface area contributed by atoms with Crippen LogP contribution in [0.3, 0.4) is 0 Å². The van der Waals surface area contributed by atoms with Crippen LogP contribution < -0.4 is 0 Å². The summed E-state index contributed by atoms with van der Waals surface area (Å²) in [7, 11) is 6.11. The minimum Gasteiger partial charge on any atom is -0.481 e. The number of imide groups is 2. The van der Waals surface area contributed by atoms with Crippen LogP contribution >= 0.6 is 0 Å². The number of ketones is 2. The van der Waals surface area contributed by atoms with Crippen molar-refractivity contribution in [2.24, 2.45) is 0 Å². The first-order valence-electron chi connectivity index (χ1n) is 20.3. The van der Waals surface area contributed by atoms with Crippen molar-refractivity contribution in [3.63, 3.8) is 0 Å². The highest BCUT2D eigenvalue weighted by Crippen LogP contribution is 2.15. The molecule has 2 aliphatic heterocycles. The highest BCUT2D eigenvalue weighted by Gasteiger charge is 2.35. The van der Waals surface area contributed by atoms with Crippen LogP contribution in [0.1, 0.15) is 146 Å². The van der Waals surface area contributed by atoms with Crippen LogP contribution in [0, 0.1) is 0 Å². The molecule has 0 aromatic heterocycles. The molecule has 2 aliphatic rings. The predicted octanol–water partition coefficient (Wildman–Crippen LogP) is 4.96. The molecule has 2 saturated heterocycles. The lowest BCUT2D eigenvalue weighted by Gasteiger charge is -2.19. The van der Waals surface area contributed by atoms with E-state index in [2.05, 4.69) is 0 Å². The van der Waals surface area contributed by atoms with Gasteiger partial charge >= 0.3 is 18.0 Å². The molecule has 2 fully saturated rings. The van der Waals surface area contributed by atoms with Gasteiger partial charge in [0.2, 0.25) is 0 Å². The third-order valence-electron chi connectivity index (χ3n) is 7.64. The first kappa shape index (κ1) is 53.7. The number of carboxylic acids is 1. The van der Waals surface area contributed by atoms with E-state index >= 15 is 0 Å². The third kappa shape index (κ3) is 29.0. The Kier molecular flexibility index (Phi) is 27.6. The second-order valence-electron chi connectivity index (χ2n) is 15.8. The van der Waals surface area contributed by atoms with Gasteiger partial charge in [0.15, 0.2) is 0 Å². The summed E-state index contributed by atoms with van der Waals surface area (Å²) in [5, 5.41) is 9.74. The molecule has 18 heteroatoms. The number of carbonyl (C=O) groups excluding carboxylic acids is 7. The van der Waals surface area contributed by atoms with Gasteiger partial charge in [-0.05, 0) is 67.2 Å². The van der Waals surface area contributed by atoms with E-state index in [1.165, 1.54) is 0 Å². The van der Waals surface area contributed by atoms with E-state index in [0.717, 1.165) is 43.6 Å². The Balaban J connectivity index is 0. The van der Waals surface area contributed by atoms with Crippen molar-refractivity contribution in [1.82, 2.24) is 15.0 Å². The number of aliphatic carboxylic acids is 1. The average molecular weight is 835 g/mol. The molecule has 0 aliphatic carbocycles. The van der Waals surface area contributed by atoms with Gasteiger partial charge in [0.1, 0.15) is 11.6 Å². The number of unbranched alkanes of at least 4 members (excludes halogenated alkanes) is 4. The van der Waals surface area contributed by atoms with Gasteiger partial charge in [0.05, 0.1) is 60.8 Å². The fourth-order valence-electron chi connectivity index (χ4n) is 4.80. The standard InChI is InChI=1S/C17H27NO6.C13H24O4.C9H16N3O3.CH3F/c1-17(2,3)23-12-6-4-5-7-13(19)8-11-16(22)24-18-14(20)9-10-15(18)21;1-13(2,3)17-10-6-4-5-7-11(14)8-9-12(15)16;1-10(2)9(11(3)4)15-12-7(13)5-6-8(12)14;1-2/h4-12H2,1-3H3;4-10H2,1-3H3,(H,15,16);5-6H2,1-4H3;1H3/q;;+1;/i;;;1D. The fraction of sp³-hybridized carbons (Fsp3) is 0.775. The van der Waals surface area contributed by atoms with Crippen molar-refractivity contribution in [2.45, 2.75) is 155 Å². The number of carbonyl (C=O) groups is 8. The summed E-state index contributed by atoms with van der Waals surface area (Å²) in [4.78, 5) is 102. The van der Waals surface area contributed by atoms with Crippen LogP contribution in [-0.2, 0) is 57.5 Å². The number of nitrogens with zero attached hydrogens (tertiary/aromatic N) is 4. The van der Waals surface area contributed by atoms with Gasteiger partial charge in [-0.15, -0.1) is 5.06 Å². The maximum Gasteiger partial charge on any atom is 0.470 e. The molecular formula is C40H70FN4O13+. The molecule has 0 aromatic rings. The lowest BCUT2D eigenvalue weighted by atomic mass is 10.1. The molecule has 0 atom stereocenters. The Bertz CT molecular complexity index is 1360. The Morgan fingerprint density at radius 2 is 1.02 bits per heavy atom. The zero-order valence-electron chi connectivity index (χ0n) is 37.4. The largest absolute Gasteiger partial charge is 0.481 e. The Labute approximate surface area is 344 Å². The molecule has 0 bridgehead atoms. The fourth-order valence-corrected chi connectivity index (χ4v) is 4.80. The minimum atomic E-state index is -1.00. The monoisotopic (exact) mass is 834 g/mol. The Morgan fingerprint density at radius 1 is 0.655 bits per heavy atom. The zero-order chi connectivity index (χ0) is 45.8. The second kappa shape index (κ2) is 29.8. The third-order valence-corrected chi connectivity index (χ3v) is 7.64. The van der Waals surface area contributed by atoms with Gasteiger partial charge in [-0.3, -0.25) is 42.8 Å². The van der Waals surface area contributed by atoms with E-state index in [0.29, 0.717) is 37.1 Å². The number of amidine groups is 1. The lowest BCUT2D eigenvalue weighted by Crippen LogP contribution is -2.41. The molecule has 2 heterocycles. The van der Waals surface area contributed by atoms with Crippen molar-refractivity contribution in [1.29, 1.82) is 0 Å². The molecule has 0 spiro atoms. The summed E-state index contributed by atoms with van der Waals surface area (Å²) in [6.45, 7) is 13.4. The Hall–Kier alpha value is -4.32. The second-order valence-corrected chi connectivity index (χ2v) is 15.8. The molecule has 17 nitrogen and oxygen atoms in total. The van der Waals surface area contributed by atoms with Crippen LogP contribution in [0.25, 0.3) is 0 Å². The summed E-state index contributed by atoms with van der Waals surface area (Å²) in [6.07, 6.45) is 6.79. The topological polar surface area (TPSA) is 206 Å². The van der Waals surface area contributed by atoms with Crippen LogP contribution in [0.2, 0.25) is 0 Å². The lowest BCUT2D eigenvalue weighted by molar-refractivity contribution is -0.484. The van der Waals surface area contributed by atoms with Crippen molar-refractivity contribution < 1.29 is 72.9 Å². The Morgan fingerprint density at radius 3 is 1.34 bits per heavy atom. The number of halogens is 1. The number of hydrogen-bond acceptors (Lipinski definition) is 12. The number of carboxylic acid groups (broad SMARTS) is 1. The molecule has 2 rings (SSSR count). The van der Waals surface area contributed by atoms with Crippen molar-refractivity contribution in [2.75, 3.05) is 48.6 Å². The number of alkyl halides is 1. The van der Waals surface area contributed by atoms with Crippen LogP contribution in [0.5, 0.6) is 0 Å². The van der Waals surface area contributed by atoms with Gasteiger partial charge in [0, 0.05) is 64.6 Å². The number of Topliss-reactive ketones (excluding diaryl/α,β-unsaturated/α-hetero) is 2. The van der Waals surface area contributed by atoms with E-state index in [1.54, 1.807) is 37.7 Å². The quantitative estimate of drug-likeness (QED) is 0.0566. The van der Waals surface area contributed by atoms with Gasteiger partial charge in [0.25, 0.3) is 23.6 Å². The molecule has 0 unspecified atom stereocenters. The molecule has 4 amide bonds. The highest BCUT2D eigenvalue weighted by atomic mass is 19.1. The van der Waals surface area contributed by atoms with Gasteiger partial charge in [-0.25, -0.2) is 14.3 Å². The van der Waals surface area contributed by atoms with E-state index in [9.17, 15) is 42.7 Å². The molecule has 0 aromatic carbocycles. The number of hydrogen-bond donors (Lipinski definition) is 1. The van der Waals surface area contributed by atoms with Crippen LogP contribution in [-0.4, -0.2) is 138 Å². The van der Waals surface area contributed by atoms with E-state index < -0.39 is 30.9 Å². The molecule has 1 N–H and O–H groups in total. The SMILES string of the molecule is CC(C)(C)OCCCCCC(=O)CCC(=O)O.CC(C)(C)OCCCCCC(=O)CCC(=O)ON1C(=O)CCC1=O.CN(C)C(ON1C(=O)CCC1=O)=[N+](C)C.[2H]CF. The molecule has 334 valence electrons. The maximum atomic E-state index is 11.7. The molecular weight excluding hydrogens is 763 g/mol. The molecule has 58 heavy (non-hydrogen) atoms. The first-order chi connectivity index (χ1) is 27.3. The van der Waals surface area contributed by atoms with Gasteiger partial charge < -0.3 is 19.4 Å². The van der Waals surface area contributed by atoms with Crippen LogP contribution in [0.4, 0.5) is 4.39 Å². The zero-order valence-corrected chi connectivity index (χ0v) is 36.4.